The Bertz CT molecular complexity index is 309. The van der Waals surface area contributed by atoms with Crippen molar-refractivity contribution in [3.05, 3.63) is 0 Å². The van der Waals surface area contributed by atoms with Crippen LogP contribution in [0.4, 0.5) is 0 Å². The molecule has 18 heavy (non-hydrogen) atoms. The summed E-state index contributed by atoms with van der Waals surface area (Å²) >= 11 is 0. The van der Waals surface area contributed by atoms with E-state index in [1.807, 2.05) is 41.5 Å². The van der Waals surface area contributed by atoms with E-state index in [9.17, 15) is 4.79 Å². The molecule has 1 aliphatic heterocycles. The van der Waals surface area contributed by atoms with E-state index in [1.165, 1.54) is 0 Å². The second-order valence-corrected chi connectivity index (χ2v) is 6.25. The quantitative estimate of drug-likeness (QED) is 0.542. The van der Waals surface area contributed by atoms with E-state index in [4.69, 9.17) is 14.2 Å². The van der Waals surface area contributed by atoms with Crippen molar-refractivity contribution in [2.24, 2.45) is 5.41 Å². The minimum Gasteiger partial charge on any atom is -0.463 e. The lowest BCUT2D eigenvalue weighted by atomic mass is 9.82. The molecule has 0 bridgehead atoms. The van der Waals surface area contributed by atoms with Gasteiger partial charge in [0.2, 0.25) is 0 Å². The van der Waals surface area contributed by atoms with E-state index < -0.39 is 5.41 Å². The van der Waals surface area contributed by atoms with Crippen LogP contribution < -0.4 is 0 Å². The molecule has 0 aliphatic carbocycles. The highest BCUT2D eigenvalue weighted by Crippen LogP contribution is 2.39. The van der Waals surface area contributed by atoms with Gasteiger partial charge in [-0.2, -0.15) is 0 Å². The molecule has 0 aromatic heterocycles. The second kappa shape index (κ2) is 5.17. The largest absolute Gasteiger partial charge is 0.463 e. The third kappa shape index (κ3) is 3.04. The summed E-state index contributed by atoms with van der Waals surface area (Å²) in [4.78, 5) is 11.7. The normalized spacial score (nSPS) is 26.6. The van der Waals surface area contributed by atoms with Gasteiger partial charge in [-0.25, -0.2) is 0 Å². The Kier molecular flexibility index (Phi) is 4.44. The van der Waals surface area contributed by atoms with Crippen molar-refractivity contribution in [1.29, 1.82) is 0 Å². The molecule has 0 N–H and O–H groups in total. The van der Waals surface area contributed by atoms with Gasteiger partial charge in [0.1, 0.15) is 12.2 Å². The van der Waals surface area contributed by atoms with E-state index in [0.29, 0.717) is 19.8 Å². The molecule has 1 rings (SSSR count). The molecule has 1 saturated heterocycles. The minimum atomic E-state index is -0.414. The Morgan fingerprint density at radius 3 is 2.28 bits per heavy atom. The summed E-state index contributed by atoms with van der Waals surface area (Å²) in [6.45, 7) is 13.1. The molecular weight excluding hydrogens is 232 g/mol. The molecule has 4 heteroatoms. The summed E-state index contributed by atoms with van der Waals surface area (Å²) in [6, 6.07) is 0. The smallest absolute Gasteiger partial charge is 0.311 e. The monoisotopic (exact) mass is 258 g/mol. The van der Waals surface area contributed by atoms with Crippen molar-refractivity contribution in [3.63, 3.8) is 0 Å². The summed E-state index contributed by atoms with van der Waals surface area (Å²) in [6.07, 6.45) is 0.769. The molecule has 1 heterocycles. The summed E-state index contributed by atoms with van der Waals surface area (Å²) in [7, 11) is 0. The second-order valence-electron chi connectivity index (χ2n) is 6.25. The van der Waals surface area contributed by atoms with Gasteiger partial charge in [0.05, 0.1) is 24.2 Å². The zero-order valence-electron chi connectivity index (χ0n) is 12.5. The first kappa shape index (κ1) is 15.4. The fourth-order valence-corrected chi connectivity index (χ4v) is 1.52. The van der Waals surface area contributed by atoms with Crippen LogP contribution in [0.15, 0.2) is 0 Å². The van der Waals surface area contributed by atoms with E-state index in [1.54, 1.807) is 0 Å². The SMILES string of the molecule is CCC(C)(C)C(=O)OCCOC1(C)COC1(C)C. The molecule has 0 spiro atoms. The van der Waals surface area contributed by atoms with Crippen LogP contribution in [-0.4, -0.2) is 37.0 Å². The summed E-state index contributed by atoms with van der Waals surface area (Å²) in [5.74, 6) is -0.164. The van der Waals surface area contributed by atoms with Gasteiger partial charge in [-0.15, -0.1) is 0 Å². The lowest BCUT2D eigenvalue weighted by molar-refractivity contribution is -0.300. The number of carbonyl (C=O) groups excluding carboxylic acids is 1. The standard InChI is InChI=1S/C14H26O4/c1-7-12(2,3)11(15)16-8-9-17-14(6)10-18-13(14,4)5/h7-10H2,1-6H3. The number of hydrogen-bond acceptors (Lipinski definition) is 4. The molecule has 1 atom stereocenters. The topological polar surface area (TPSA) is 44.8 Å². The highest BCUT2D eigenvalue weighted by atomic mass is 16.6. The number of esters is 1. The van der Waals surface area contributed by atoms with Crippen molar-refractivity contribution in [3.8, 4) is 0 Å². The van der Waals surface area contributed by atoms with Crippen LogP contribution in [0, 0.1) is 5.41 Å². The Morgan fingerprint density at radius 1 is 1.28 bits per heavy atom. The highest BCUT2D eigenvalue weighted by Gasteiger charge is 2.52. The number of ether oxygens (including phenoxy) is 3. The van der Waals surface area contributed by atoms with Crippen LogP contribution in [0.3, 0.4) is 0 Å². The van der Waals surface area contributed by atoms with E-state index in [-0.39, 0.29) is 17.2 Å². The first-order valence-electron chi connectivity index (χ1n) is 6.60. The van der Waals surface area contributed by atoms with Crippen molar-refractivity contribution in [2.75, 3.05) is 19.8 Å². The van der Waals surface area contributed by atoms with Crippen molar-refractivity contribution < 1.29 is 19.0 Å². The van der Waals surface area contributed by atoms with Gasteiger partial charge in [-0.3, -0.25) is 4.79 Å². The fraction of sp³-hybridized carbons (Fsp3) is 0.929. The number of rotatable bonds is 6. The van der Waals surface area contributed by atoms with Crippen LogP contribution in [-0.2, 0) is 19.0 Å². The maximum Gasteiger partial charge on any atom is 0.311 e. The average molecular weight is 258 g/mol. The molecule has 0 amide bonds. The lowest BCUT2D eigenvalue weighted by Gasteiger charge is -2.52. The Morgan fingerprint density at radius 2 is 1.89 bits per heavy atom. The molecule has 1 unspecified atom stereocenters. The molecule has 0 aromatic rings. The van der Waals surface area contributed by atoms with Gasteiger partial charge in [0.25, 0.3) is 0 Å². The molecule has 0 saturated carbocycles. The maximum absolute atomic E-state index is 11.7. The number of hydrogen-bond donors (Lipinski definition) is 0. The molecule has 106 valence electrons. The zero-order valence-corrected chi connectivity index (χ0v) is 12.5. The Balaban J connectivity index is 2.26. The first-order valence-corrected chi connectivity index (χ1v) is 6.60. The van der Waals surface area contributed by atoms with Crippen molar-refractivity contribution in [1.82, 2.24) is 0 Å². The molecule has 0 radical (unpaired) electrons. The Hall–Kier alpha value is -0.610. The molecule has 0 aromatic carbocycles. The predicted molar refractivity (Wildman–Crippen MR) is 69.4 cm³/mol. The van der Waals surface area contributed by atoms with Gasteiger partial charge in [-0.05, 0) is 41.0 Å². The van der Waals surface area contributed by atoms with Gasteiger partial charge in [0.15, 0.2) is 0 Å². The fourth-order valence-electron chi connectivity index (χ4n) is 1.52. The van der Waals surface area contributed by atoms with Crippen LogP contribution >= 0.6 is 0 Å². The molecule has 1 aliphatic rings. The van der Waals surface area contributed by atoms with E-state index in [0.717, 1.165) is 6.42 Å². The third-order valence-electron chi connectivity index (χ3n) is 4.16. The third-order valence-corrected chi connectivity index (χ3v) is 4.16. The van der Waals surface area contributed by atoms with Crippen molar-refractivity contribution in [2.45, 2.75) is 59.2 Å². The first-order chi connectivity index (χ1) is 8.15. The molecule has 1 fully saturated rings. The van der Waals surface area contributed by atoms with Gasteiger partial charge < -0.3 is 14.2 Å². The van der Waals surface area contributed by atoms with Gasteiger partial charge >= 0.3 is 5.97 Å². The maximum atomic E-state index is 11.7. The van der Waals surface area contributed by atoms with Gasteiger partial charge in [0, 0.05) is 0 Å². The zero-order chi connectivity index (χ0) is 14.0. The average Bonchev–Trinajstić information content (AvgIpc) is 2.32. The molecular formula is C14H26O4. The summed E-state index contributed by atoms with van der Waals surface area (Å²) in [5, 5.41) is 0. The van der Waals surface area contributed by atoms with Crippen LogP contribution in [0.25, 0.3) is 0 Å². The predicted octanol–water partition coefficient (Wildman–Crippen LogP) is 2.55. The van der Waals surface area contributed by atoms with E-state index >= 15 is 0 Å². The van der Waals surface area contributed by atoms with E-state index in [2.05, 4.69) is 0 Å². The van der Waals surface area contributed by atoms with Crippen LogP contribution in [0.2, 0.25) is 0 Å². The summed E-state index contributed by atoms with van der Waals surface area (Å²) in [5.41, 5.74) is -0.956. The minimum absolute atomic E-state index is 0.164. The van der Waals surface area contributed by atoms with Gasteiger partial charge in [-0.1, -0.05) is 6.92 Å². The van der Waals surface area contributed by atoms with Crippen LogP contribution in [0.1, 0.15) is 48.0 Å². The van der Waals surface area contributed by atoms with Crippen molar-refractivity contribution >= 4 is 5.97 Å². The molecule has 4 nitrogen and oxygen atoms in total. The number of carbonyl (C=O) groups is 1. The van der Waals surface area contributed by atoms with Crippen LogP contribution in [0.5, 0.6) is 0 Å². The lowest BCUT2D eigenvalue weighted by Crippen LogP contribution is -2.65. The Labute approximate surface area is 110 Å². The highest BCUT2D eigenvalue weighted by molar-refractivity contribution is 5.75. The summed E-state index contributed by atoms with van der Waals surface area (Å²) < 4.78 is 16.5.